The molecule has 0 saturated heterocycles. The Labute approximate surface area is 360 Å². The summed E-state index contributed by atoms with van der Waals surface area (Å²) in [5, 5.41) is 5.07. The Bertz CT molecular complexity index is 3560. The number of allylic oxidation sites excluding steroid dienone is 4. The first-order valence-corrected chi connectivity index (χ1v) is 21.7. The highest BCUT2D eigenvalue weighted by Crippen LogP contribution is 2.51. The lowest BCUT2D eigenvalue weighted by atomic mass is 9.81. The zero-order valence-corrected chi connectivity index (χ0v) is 34.0. The van der Waals surface area contributed by atoms with Gasteiger partial charge < -0.3 is 9.13 Å². The van der Waals surface area contributed by atoms with Crippen LogP contribution in [0.5, 0.6) is 0 Å². The maximum atomic E-state index is 2.63. The van der Waals surface area contributed by atoms with Crippen LogP contribution in [0.1, 0.15) is 23.1 Å². The predicted molar refractivity (Wildman–Crippen MR) is 261 cm³/mol. The Morgan fingerprint density at radius 2 is 0.919 bits per heavy atom. The molecule has 0 spiro atoms. The van der Waals surface area contributed by atoms with Gasteiger partial charge in [-0.25, -0.2) is 0 Å². The average Bonchev–Trinajstić information content (AvgIpc) is 3.83. The summed E-state index contributed by atoms with van der Waals surface area (Å²) < 4.78 is 5.09. The molecular formula is C60H40N2. The second kappa shape index (κ2) is 13.8. The molecule has 0 saturated carbocycles. The van der Waals surface area contributed by atoms with Crippen molar-refractivity contribution in [2.75, 3.05) is 0 Å². The second-order valence-electron chi connectivity index (χ2n) is 16.8. The third kappa shape index (κ3) is 5.36. The van der Waals surface area contributed by atoms with E-state index in [4.69, 9.17) is 0 Å². The molecule has 1 aliphatic carbocycles. The zero-order valence-electron chi connectivity index (χ0n) is 34.0. The lowest BCUT2D eigenvalue weighted by Gasteiger charge is -2.28. The quantitative estimate of drug-likeness (QED) is 0.164. The highest BCUT2D eigenvalue weighted by molar-refractivity contribution is 6.16. The molecule has 290 valence electrons. The molecular weight excluding hydrogens is 749 g/mol. The van der Waals surface area contributed by atoms with Crippen LogP contribution in [-0.2, 0) is 0 Å². The molecule has 11 aromatic rings. The molecule has 13 rings (SSSR count). The maximum absolute atomic E-state index is 2.63. The van der Waals surface area contributed by atoms with E-state index in [1.807, 2.05) is 0 Å². The highest BCUT2D eigenvalue weighted by Gasteiger charge is 2.33. The monoisotopic (exact) mass is 788 g/mol. The van der Waals surface area contributed by atoms with Gasteiger partial charge in [-0.15, -0.1) is 0 Å². The van der Waals surface area contributed by atoms with Crippen molar-refractivity contribution in [3.8, 4) is 50.2 Å². The topological polar surface area (TPSA) is 9.86 Å². The van der Waals surface area contributed by atoms with Gasteiger partial charge >= 0.3 is 0 Å². The van der Waals surface area contributed by atoms with Crippen molar-refractivity contribution in [3.05, 3.63) is 242 Å². The van der Waals surface area contributed by atoms with Crippen molar-refractivity contribution in [3.63, 3.8) is 0 Å². The first-order valence-electron chi connectivity index (χ1n) is 21.7. The van der Waals surface area contributed by atoms with E-state index in [0.29, 0.717) is 0 Å². The van der Waals surface area contributed by atoms with Crippen molar-refractivity contribution in [2.45, 2.75) is 12.0 Å². The summed E-state index contributed by atoms with van der Waals surface area (Å²) in [6, 6.07) is 78.5. The van der Waals surface area contributed by atoms with Crippen LogP contribution in [0.2, 0.25) is 0 Å². The Morgan fingerprint density at radius 1 is 0.355 bits per heavy atom. The summed E-state index contributed by atoms with van der Waals surface area (Å²) in [6.45, 7) is 0. The second-order valence-corrected chi connectivity index (χ2v) is 16.8. The first kappa shape index (κ1) is 34.9. The van der Waals surface area contributed by atoms with Crippen LogP contribution in [0.15, 0.2) is 231 Å². The summed E-state index contributed by atoms with van der Waals surface area (Å²) in [6.07, 6.45) is 7.29. The zero-order chi connectivity index (χ0) is 40.7. The fourth-order valence-electron chi connectivity index (χ4n) is 10.6. The number of para-hydroxylation sites is 2. The van der Waals surface area contributed by atoms with E-state index in [-0.39, 0.29) is 12.0 Å². The van der Waals surface area contributed by atoms with Crippen LogP contribution in [0, 0.1) is 0 Å². The van der Waals surface area contributed by atoms with Crippen molar-refractivity contribution in [1.82, 2.24) is 9.13 Å². The molecule has 0 radical (unpaired) electrons. The molecule has 62 heavy (non-hydrogen) atoms. The van der Waals surface area contributed by atoms with Crippen LogP contribution in [0.25, 0.3) is 99.4 Å². The Kier molecular flexibility index (Phi) is 7.77. The number of hydrogen-bond donors (Lipinski definition) is 0. The lowest BCUT2D eigenvalue weighted by Crippen LogP contribution is -2.16. The summed E-state index contributed by atoms with van der Waals surface area (Å²) >= 11 is 0. The van der Waals surface area contributed by atoms with E-state index < -0.39 is 0 Å². The fourth-order valence-corrected chi connectivity index (χ4v) is 10.6. The number of rotatable bonds is 5. The Morgan fingerprint density at radius 3 is 1.65 bits per heavy atom. The maximum Gasteiger partial charge on any atom is 0.0630 e. The SMILES string of the molecule is C1=CC2C(C=C1c1ccccc1)c1ccccc1-c1cc(-c3ccc4c(c3)c3ccccc3n4-c3cc(-c4ccccc4)cc(-c4ccccc4)c3)cc3c4ccccc4n2c13. The third-order valence-electron chi connectivity index (χ3n) is 13.4. The molecule has 2 aliphatic rings. The number of aromatic nitrogens is 2. The molecule has 3 heterocycles. The van der Waals surface area contributed by atoms with Crippen LogP contribution in [0.3, 0.4) is 0 Å². The van der Waals surface area contributed by atoms with Gasteiger partial charge in [-0.2, -0.15) is 0 Å². The number of fused-ring (bicyclic) bond motifs is 11. The van der Waals surface area contributed by atoms with Gasteiger partial charge in [0.15, 0.2) is 0 Å². The third-order valence-corrected chi connectivity index (χ3v) is 13.4. The van der Waals surface area contributed by atoms with Crippen LogP contribution >= 0.6 is 0 Å². The van der Waals surface area contributed by atoms with Crippen molar-refractivity contribution in [2.24, 2.45) is 0 Å². The minimum absolute atomic E-state index is 0.142. The van der Waals surface area contributed by atoms with Gasteiger partial charge in [0.25, 0.3) is 0 Å². The molecule has 9 aromatic carbocycles. The molecule has 2 atom stereocenters. The number of nitrogens with zero attached hydrogens (tertiary/aromatic N) is 2. The largest absolute Gasteiger partial charge is 0.332 e. The van der Waals surface area contributed by atoms with Gasteiger partial charge in [0.05, 0.1) is 22.6 Å². The molecule has 0 N–H and O–H groups in total. The van der Waals surface area contributed by atoms with Crippen LogP contribution < -0.4 is 0 Å². The predicted octanol–water partition coefficient (Wildman–Crippen LogP) is 15.9. The summed E-state index contributed by atoms with van der Waals surface area (Å²) in [7, 11) is 0. The average molecular weight is 789 g/mol. The normalized spacial score (nSPS) is 15.5. The highest BCUT2D eigenvalue weighted by atomic mass is 15.0. The van der Waals surface area contributed by atoms with Crippen LogP contribution in [0.4, 0.5) is 0 Å². The molecule has 1 aliphatic heterocycles. The van der Waals surface area contributed by atoms with E-state index in [0.717, 1.165) is 5.69 Å². The molecule has 0 amide bonds. The molecule has 2 unspecified atom stereocenters. The summed E-state index contributed by atoms with van der Waals surface area (Å²) in [4.78, 5) is 0. The van der Waals surface area contributed by atoms with E-state index in [1.54, 1.807) is 0 Å². The van der Waals surface area contributed by atoms with E-state index in [2.05, 4.69) is 240 Å². The van der Waals surface area contributed by atoms with Gasteiger partial charge in [-0.3, -0.25) is 0 Å². The molecule has 0 bridgehead atoms. The standard InChI is InChI=1S/C60H40N2/c1-4-16-39(17-5-1)42-28-31-59-52(35-42)48-22-10-11-23-49(48)54-37-46(38-55-51-25-13-15-27-57(51)62(59)60(54)55)43-29-30-58-53(36-43)50-24-12-14-26-56(50)61(58)47-33-44(40-18-6-2-7-19-40)32-45(34-47)41-20-8-3-9-21-41/h1-38,52,59H. The minimum atomic E-state index is 0.142. The van der Waals surface area contributed by atoms with Gasteiger partial charge in [0, 0.05) is 44.2 Å². The van der Waals surface area contributed by atoms with E-state index >= 15 is 0 Å². The molecule has 2 nitrogen and oxygen atoms in total. The number of benzene rings is 9. The molecule has 2 aromatic heterocycles. The molecule has 0 fully saturated rings. The minimum Gasteiger partial charge on any atom is -0.332 e. The first-order chi connectivity index (χ1) is 30.7. The van der Waals surface area contributed by atoms with Gasteiger partial charge in [0.2, 0.25) is 0 Å². The summed E-state index contributed by atoms with van der Waals surface area (Å²) in [5.74, 6) is 0.173. The van der Waals surface area contributed by atoms with Gasteiger partial charge in [-0.1, -0.05) is 176 Å². The van der Waals surface area contributed by atoms with E-state index in [1.165, 1.54) is 105 Å². The molecule has 2 heteroatoms. The van der Waals surface area contributed by atoms with Gasteiger partial charge in [0.1, 0.15) is 0 Å². The Hall–Kier alpha value is -7.94. The van der Waals surface area contributed by atoms with Crippen LogP contribution in [-0.4, -0.2) is 9.13 Å². The van der Waals surface area contributed by atoms with Crippen molar-refractivity contribution >= 4 is 49.2 Å². The van der Waals surface area contributed by atoms with Gasteiger partial charge in [-0.05, 0) is 110 Å². The van der Waals surface area contributed by atoms with Crippen molar-refractivity contribution < 1.29 is 0 Å². The van der Waals surface area contributed by atoms with E-state index in [9.17, 15) is 0 Å². The smallest absolute Gasteiger partial charge is 0.0630 e. The lowest BCUT2D eigenvalue weighted by molar-refractivity contribution is 0.582. The number of hydrogen-bond acceptors (Lipinski definition) is 0. The fraction of sp³-hybridized carbons (Fsp3) is 0.0333. The van der Waals surface area contributed by atoms with Crippen molar-refractivity contribution in [1.29, 1.82) is 0 Å². The Balaban J connectivity index is 1.03. The summed E-state index contributed by atoms with van der Waals surface area (Å²) in [5.41, 5.74) is 19.8.